The Labute approximate surface area is 127 Å². The summed E-state index contributed by atoms with van der Waals surface area (Å²) < 4.78 is 0. The van der Waals surface area contributed by atoms with Crippen molar-refractivity contribution in [3.8, 4) is 0 Å². The van der Waals surface area contributed by atoms with E-state index in [0.717, 1.165) is 10.6 Å². The van der Waals surface area contributed by atoms with Crippen LogP contribution in [0.4, 0.5) is 11.4 Å². The Morgan fingerprint density at radius 2 is 2.00 bits per heavy atom. The number of halogens is 1. The third-order valence-electron chi connectivity index (χ3n) is 2.67. The summed E-state index contributed by atoms with van der Waals surface area (Å²) in [5.41, 5.74) is 1.55. The lowest BCUT2D eigenvalue weighted by atomic mass is 10.3. The Hall–Kier alpha value is -1.65. The first kappa shape index (κ1) is 14.8. The highest BCUT2D eigenvalue weighted by Gasteiger charge is 2.05. The van der Waals surface area contributed by atoms with Gasteiger partial charge in [-0.1, -0.05) is 29.8 Å². The second-order valence-corrected chi connectivity index (χ2v) is 5.40. The summed E-state index contributed by atoms with van der Waals surface area (Å²) in [5, 5.41) is 6.39. The van der Waals surface area contributed by atoms with Crippen LogP contribution in [-0.4, -0.2) is 18.7 Å². The van der Waals surface area contributed by atoms with Gasteiger partial charge in [-0.25, -0.2) is 0 Å². The molecule has 1 amide bonds. The minimum absolute atomic E-state index is 0.132. The molecule has 0 aliphatic heterocycles. The SMILES string of the molecule is CSc1cccc(NCC(=O)Nc2ccccc2Cl)c1. The molecule has 104 valence electrons. The zero-order chi connectivity index (χ0) is 14.4. The van der Waals surface area contributed by atoms with Crippen molar-refractivity contribution in [2.24, 2.45) is 0 Å². The van der Waals surface area contributed by atoms with Crippen molar-refractivity contribution in [1.29, 1.82) is 0 Å². The summed E-state index contributed by atoms with van der Waals surface area (Å²) in [6.45, 7) is 0.197. The fourth-order valence-corrected chi connectivity index (χ4v) is 2.31. The number of thioether (sulfide) groups is 1. The highest BCUT2D eigenvalue weighted by Crippen LogP contribution is 2.21. The average Bonchev–Trinajstić information content (AvgIpc) is 2.48. The molecule has 2 N–H and O–H groups in total. The molecule has 0 spiro atoms. The molecular weight excluding hydrogens is 292 g/mol. The van der Waals surface area contributed by atoms with Gasteiger partial charge in [0.15, 0.2) is 0 Å². The van der Waals surface area contributed by atoms with Gasteiger partial charge in [-0.3, -0.25) is 4.79 Å². The van der Waals surface area contributed by atoms with Crippen LogP contribution in [-0.2, 0) is 4.79 Å². The van der Waals surface area contributed by atoms with Gasteiger partial charge in [-0.2, -0.15) is 0 Å². The predicted octanol–water partition coefficient (Wildman–Crippen LogP) is 4.11. The van der Waals surface area contributed by atoms with E-state index in [4.69, 9.17) is 11.6 Å². The molecule has 0 saturated heterocycles. The van der Waals surface area contributed by atoms with E-state index in [1.165, 1.54) is 0 Å². The van der Waals surface area contributed by atoms with Crippen molar-refractivity contribution in [3.05, 3.63) is 53.6 Å². The van der Waals surface area contributed by atoms with Crippen molar-refractivity contribution in [1.82, 2.24) is 0 Å². The molecular formula is C15H15ClN2OS. The molecule has 0 aromatic heterocycles. The molecule has 0 radical (unpaired) electrons. The number of nitrogens with one attached hydrogen (secondary N) is 2. The predicted molar refractivity (Wildman–Crippen MR) is 86.8 cm³/mol. The van der Waals surface area contributed by atoms with Gasteiger partial charge in [0.25, 0.3) is 0 Å². The highest BCUT2D eigenvalue weighted by atomic mass is 35.5. The van der Waals surface area contributed by atoms with E-state index in [1.807, 2.05) is 42.7 Å². The monoisotopic (exact) mass is 306 g/mol. The van der Waals surface area contributed by atoms with Gasteiger partial charge in [0.2, 0.25) is 5.91 Å². The fourth-order valence-electron chi connectivity index (χ4n) is 1.67. The second kappa shape index (κ2) is 7.22. The maximum absolute atomic E-state index is 11.9. The Balaban J connectivity index is 1.90. The lowest BCUT2D eigenvalue weighted by Crippen LogP contribution is -2.21. The first-order chi connectivity index (χ1) is 9.69. The normalized spacial score (nSPS) is 10.1. The smallest absolute Gasteiger partial charge is 0.243 e. The summed E-state index contributed by atoms with van der Waals surface area (Å²) >= 11 is 7.65. The molecule has 3 nitrogen and oxygen atoms in total. The Morgan fingerprint density at radius 1 is 1.20 bits per heavy atom. The van der Waals surface area contributed by atoms with E-state index in [1.54, 1.807) is 23.9 Å². The summed E-state index contributed by atoms with van der Waals surface area (Å²) in [6, 6.07) is 15.1. The summed E-state index contributed by atoms with van der Waals surface area (Å²) in [5.74, 6) is -0.132. The number of anilines is 2. The lowest BCUT2D eigenvalue weighted by Gasteiger charge is -2.09. The fraction of sp³-hybridized carbons (Fsp3) is 0.133. The highest BCUT2D eigenvalue weighted by molar-refractivity contribution is 7.98. The average molecular weight is 307 g/mol. The van der Waals surface area contributed by atoms with Gasteiger partial charge in [0.05, 0.1) is 17.3 Å². The molecule has 0 unspecified atom stereocenters. The van der Waals surface area contributed by atoms with Gasteiger partial charge >= 0.3 is 0 Å². The standard InChI is InChI=1S/C15H15ClN2OS/c1-20-12-6-4-5-11(9-12)17-10-15(19)18-14-8-3-2-7-13(14)16/h2-9,17H,10H2,1H3,(H,18,19). The minimum Gasteiger partial charge on any atom is -0.376 e. The molecule has 0 aliphatic rings. The van der Waals surface area contributed by atoms with Gasteiger partial charge in [-0.05, 0) is 36.6 Å². The first-order valence-electron chi connectivity index (χ1n) is 6.11. The molecule has 0 saturated carbocycles. The first-order valence-corrected chi connectivity index (χ1v) is 7.71. The maximum Gasteiger partial charge on any atom is 0.243 e. The molecule has 0 bridgehead atoms. The number of rotatable bonds is 5. The molecule has 0 atom stereocenters. The summed E-state index contributed by atoms with van der Waals surface area (Å²) in [7, 11) is 0. The van der Waals surface area contributed by atoms with E-state index in [2.05, 4.69) is 10.6 Å². The number of carbonyl (C=O) groups is 1. The number of benzene rings is 2. The summed E-state index contributed by atoms with van der Waals surface area (Å²) in [6.07, 6.45) is 2.02. The van der Waals surface area contributed by atoms with Crippen molar-refractivity contribution < 1.29 is 4.79 Å². The zero-order valence-corrected chi connectivity index (χ0v) is 12.6. The van der Waals surface area contributed by atoms with Crippen LogP contribution in [0.25, 0.3) is 0 Å². The number of hydrogen-bond donors (Lipinski definition) is 2. The van der Waals surface area contributed by atoms with E-state index < -0.39 is 0 Å². The minimum atomic E-state index is -0.132. The van der Waals surface area contributed by atoms with Crippen molar-refractivity contribution in [3.63, 3.8) is 0 Å². The second-order valence-electron chi connectivity index (χ2n) is 4.11. The van der Waals surface area contributed by atoms with Gasteiger partial charge in [0.1, 0.15) is 0 Å². The number of hydrogen-bond acceptors (Lipinski definition) is 3. The summed E-state index contributed by atoms with van der Waals surface area (Å²) in [4.78, 5) is 13.0. The Bertz CT molecular complexity index is 604. The van der Waals surface area contributed by atoms with Crippen molar-refractivity contribution in [2.75, 3.05) is 23.4 Å². The van der Waals surface area contributed by atoms with Crippen LogP contribution < -0.4 is 10.6 Å². The molecule has 2 aromatic rings. The van der Waals surface area contributed by atoms with Crippen molar-refractivity contribution >= 4 is 40.6 Å². The Kier molecular flexibility index (Phi) is 5.32. The molecule has 0 heterocycles. The van der Waals surface area contributed by atoms with Crippen LogP contribution in [0.3, 0.4) is 0 Å². The molecule has 5 heteroatoms. The topological polar surface area (TPSA) is 41.1 Å². The molecule has 0 fully saturated rings. The Morgan fingerprint density at radius 3 is 2.75 bits per heavy atom. The van der Waals surface area contributed by atoms with E-state index >= 15 is 0 Å². The molecule has 2 aromatic carbocycles. The van der Waals surface area contributed by atoms with Crippen LogP contribution in [0.1, 0.15) is 0 Å². The van der Waals surface area contributed by atoms with Crippen LogP contribution in [0.2, 0.25) is 5.02 Å². The quantitative estimate of drug-likeness (QED) is 0.817. The number of para-hydroxylation sites is 1. The third kappa shape index (κ3) is 4.18. The lowest BCUT2D eigenvalue weighted by molar-refractivity contribution is -0.114. The third-order valence-corrected chi connectivity index (χ3v) is 3.73. The largest absolute Gasteiger partial charge is 0.376 e. The van der Waals surface area contributed by atoms with Crippen LogP contribution in [0, 0.1) is 0 Å². The molecule has 20 heavy (non-hydrogen) atoms. The van der Waals surface area contributed by atoms with Crippen LogP contribution in [0.5, 0.6) is 0 Å². The van der Waals surface area contributed by atoms with E-state index in [0.29, 0.717) is 10.7 Å². The van der Waals surface area contributed by atoms with Crippen LogP contribution in [0.15, 0.2) is 53.4 Å². The number of carbonyl (C=O) groups excluding carboxylic acids is 1. The molecule has 0 aliphatic carbocycles. The van der Waals surface area contributed by atoms with Crippen LogP contribution >= 0.6 is 23.4 Å². The van der Waals surface area contributed by atoms with Gasteiger partial charge < -0.3 is 10.6 Å². The number of amides is 1. The van der Waals surface area contributed by atoms with Gasteiger partial charge in [0, 0.05) is 10.6 Å². The molecule has 2 rings (SSSR count). The van der Waals surface area contributed by atoms with E-state index in [-0.39, 0.29) is 12.5 Å². The van der Waals surface area contributed by atoms with Crippen molar-refractivity contribution in [2.45, 2.75) is 4.90 Å². The maximum atomic E-state index is 11.9. The van der Waals surface area contributed by atoms with E-state index in [9.17, 15) is 4.79 Å². The zero-order valence-electron chi connectivity index (χ0n) is 11.0. The van der Waals surface area contributed by atoms with Gasteiger partial charge in [-0.15, -0.1) is 11.8 Å².